The van der Waals surface area contributed by atoms with E-state index in [1.54, 1.807) is 42.5 Å². The van der Waals surface area contributed by atoms with Crippen LogP contribution < -0.4 is 20.9 Å². The van der Waals surface area contributed by atoms with E-state index >= 15 is 0 Å². The largest absolute Gasteiger partial charge is 0.484 e. The number of hydrogen-bond donors (Lipinski definition) is 3. The van der Waals surface area contributed by atoms with Gasteiger partial charge in [-0.3, -0.25) is 25.2 Å². The molecule has 154 valence electrons. The molecule has 0 bridgehead atoms. The number of anilines is 1. The lowest BCUT2D eigenvalue weighted by atomic mass is 10.1. The van der Waals surface area contributed by atoms with Crippen LogP contribution in [0.1, 0.15) is 31.2 Å². The van der Waals surface area contributed by atoms with E-state index in [-0.39, 0.29) is 12.5 Å². The molecule has 0 saturated carbocycles. The number of hydrazine groups is 1. The third-order valence-electron chi connectivity index (χ3n) is 4.31. The average Bonchev–Trinajstić information content (AvgIpc) is 3.28. The first kappa shape index (κ1) is 21.1. The molecule has 0 saturated heterocycles. The molecule has 2 aromatic carbocycles. The fourth-order valence-corrected chi connectivity index (χ4v) is 3.11. The van der Waals surface area contributed by atoms with E-state index in [9.17, 15) is 14.4 Å². The molecular weight excluding hydrogens is 402 g/mol. The number of aryl methyl sites for hydroxylation is 2. The van der Waals surface area contributed by atoms with Gasteiger partial charge in [-0.25, -0.2) is 0 Å². The molecule has 0 aliphatic carbocycles. The summed E-state index contributed by atoms with van der Waals surface area (Å²) >= 11 is 1.34. The summed E-state index contributed by atoms with van der Waals surface area (Å²) in [5, 5.41) is 4.58. The normalized spacial score (nSPS) is 10.2. The maximum atomic E-state index is 12.2. The molecule has 1 aromatic heterocycles. The van der Waals surface area contributed by atoms with E-state index in [1.165, 1.54) is 11.3 Å². The minimum atomic E-state index is -0.485. The Labute approximate surface area is 178 Å². The Bertz CT molecular complexity index is 1050. The monoisotopic (exact) mass is 423 g/mol. The minimum Gasteiger partial charge on any atom is -0.484 e. The molecule has 7 nitrogen and oxygen atoms in total. The van der Waals surface area contributed by atoms with E-state index in [0.717, 1.165) is 11.1 Å². The zero-order valence-corrected chi connectivity index (χ0v) is 17.3. The second-order valence-electron chi connectivity index (χ2n) is 6.55. The van der Waals surface area contributed by atoms with Gasteiger partial charge in [-0.1, -0.05) is 12.1 Å². The molecule has 0 spiro atoms. The van der Waals surface area contributed by atoms with Gasteiger partial charge >= 0.3 is 0 Å². The average molecular weight is 423 g/mol. The Morgan fingerprint density at radius 2 is 1.67 bits per heavy atom. The number of hydrogen-bond acceptors (Lipinski definition) is 5. The van der Waals surface area contributed by atoms with E-state index < -0.39 is 11.8 Å². The van der Waals surface area contributed by atoms with Crippen LogP contribution in [0, 0.1) is 13.8 Å². The lowest BCUT2D eigenvalue weighted by molar-refractivity contribution is -0.123. The van der Waals surface area contributed by atoms with Gasteiger partial charge in [-0.15, -0.1) is 11.3 Å². The van der Waals surface area contributed by atoms with Crippen LogP contribution in [0.25, 0.3) is 0 Å². The Kier molecular flexibility index (Phi) is 6.82. The minimum absolute atomic E-state index is 0.210. The molecule has 3 N–H and O–H groups in total. The van der Waals surface area contributed by atoms with Crippen LogP contribution in [0.4, 0.5) is 5.69 Å². The van der Waals surface area contributed by atoms with Crippen LogP contribution in [0.3, 0.4) is 0 Å². The van der Waals surface area contributed by atoms with E-state index in [0.29, 0.717) is 21.9 Å². The van der Waals surface area contributed by atoms with E-state index in [2.05, 4.69) is 16.2 Å². The van der Waals surface area contributed by atoms with Crippen molar-refractivity contribution in [3.05, 3.63) is 81.5 Å². The van der Waals surface area contributed by atoms with Gasteiger partial charge < -0.3 is 10.1 Å². The van der Waals surface area contributed by atoms with Crippen molar-refractivity contribution in [2.75, 3.05) is 11.9 Å². The SMILES string of the molecule is Cc1ccc(OCC(=O)NNC(=O)c2ccc(NC(=O)c3cccs3)cc2)cc1C. The molecule has 3 amide bonds. The summed E-state index contributed by atoms with van der Waals surface area (Å²) in [5.41, 5.74) is 7.74. The number of benzene rings is 2. The first-order valence-electron chi connectivity index (χ1n) is 9.16. The first-order chi connectivity index (χ1) is 14.4. The number of ether oxygens (including phenoxy) is 1. The summed E-state index contributed by atoms with van der Waals surface area (Å²) in [7, 11) is 0. The molecule has 8 heteroatoms. The zero-order valence-electron chi connectivity index (χ0n) is 16.5. The van der Waals surface area contributed by atoms with Crippen molar-refractivity contribution in [1.82, 2.24) is 10.9 Å². The van der Waals surface area contributed by atoms with Gasteiger partial charge in [0, 0.05) is 11.3 Å². The first-order valence-corrected chi connectivity index (χ1v) is 10.0. The molecule has 3 rings (SSSR count). The van der Waals surface area contributed by atoms with Crippen LogP contribution in [-0.2, 0) is 4.79 Å². The fourth-order valence-electron chi connectivity index (χ4n) is 2.49. The Balaban J connectivity index is 1.45. The van der Waals surface area contributed by atoms with E-state index in [4.69, 9.17) is 4.74 Å². The van der Waals surface area contributed by atoms with Crippen LogP contribution in [0.15, 0.2) is 60.0 Å². The van der Waals surface area contributed by atoms with Gasteiger partial charge in [0.15, 0.2) is 6.61 Å². The molecule has 0 aliphatic heterocycles. The van der Waals surface area contributed by atoms with Crippen LogP contribution in [0.2, 0.25) is 0 Å². The highest BCUT2D eigenvalue weighted by atomic mass is 32.1. The molecule has 0 radical (unpaired) electrons. The third-order valence-corrected chi connectivity index (χ3v) is 5.18. The van der Waals surface area contributed by atoms with Crippen molar-refractivity contribution < 1.29 is 19.1 Å². The maximum absolute atomic E-state index is 12.2. The predicted molar refractivity (Wildman–Crippen MR) is 116 cm³/mol. The molecule has 0 unspecified atom stereocenters. The Morgan fingerprint density at radius 3 is 2.33 bits per heavy atom. The summed E-state index contributed by atoms with van der Waals surface area (Å²) in [6.07, 6.45) is 0. The molecule has 1 heterocycles. The van der Waals surface area contributed by atoms with Gasteiger partial charge in [0.05, 0.1) is 4.88 Å². The highest BCUT2D eigenvalue weighted by Gasteiger charge is 2.10. The van der Waals surface area contributed by atoms with Crippen LogP contribution in [0.5, 0.6) is 5.75 Å². The smallest absolute Gasteiger partial charge is 0.276 e. The van der Waals surface area contributed by atoms with Crippen molar-refractivity contribution in [3.8, 4) is 5.75 Å². The summed E-state index contributed by atoms with van der Waals surface area (Å²) in [4.78, 5) is 36.7. The summed E-state index contributed by atoms with van der Waals surface area (Å²) in [6, 6.07) is 15.4. The zero-order chi connectivity index (χ0) is 21.5. The lowest BCUT2D eigenvalue weighted by Crippen LogP contribution is -2.43. The molecule has 0 aliphatic rings. The van der Waals surface area contributed by atoms with Crippen molar-refractivity contribution in [2.45, 2.75) is 13.8 Å². The summed E-state index contributed by atoms with van der Waals surface area (Å²) in [5.74, 6) is -0.593. The van der Waals surface area contributed by atoms with Gasteiger partial charge in [0.2, 0.25) is 0 Å². The van der Waals surface area contributed by atoms with Gasteiger partial charge in [0.1, 0.15) is 5.75 Å². The van der Waals surface area contributed by atoms with Gasteiger partial charge in [-0.2, -0.15) is 0 Å². The standard InChI is InChI=1S/C22H21N3O4S/c1-14-5-10-18(12-15(14)2)29-13-20(26)24-25-21(27)16-6-8-17(9-7-16)23-22(28)19-4-3-11-30-19/h3-12H,13H2,1-2H3,(H,23,28)(H,24,26)(H,25,27). The number of carbonyl (C=O) groups excluding carboxylic acids is 3. The summed E-state index contributed by atoms with van der Waals surface area (Å²) in [6.45, 7) is 3.73. The van der Waals surface area contributed by atoms with Gasteiger partial charge in [0.25, 0.3) is 17.7 Å². The molecule has 3 aromatic rings. The Morgan fingerprint density at radius 1 is 0.900 bits per heavy atom. The quantitative estimate of drug-likeness (QED) is 0.529. The second-order valence-corrected chi connectivity index (χ2v) is 7.49. The molecule has 0 fully saturated rings. The van der Waals surface area contributed by atoms with Crippen molar-refractivity contribution in [3.63, 3.8) is 0 Å². The van der Waals surface area contributed by atoms with Crippen molar-refractivity contribution in [1.29, 1.82) is 0 Å². The van der Waals surface area contributed by atoms with Crippen molar-refractivity contribution in [2.24, 2.45) is 0 Å². The fraction of sp³-hybridized carbons (Fsp3) is 0.136. The highest BCUT2D eigenvalue weighted by molar-refractivity contribution is 7.12. The molecular formula is C22H21N3O4S. The van der Waals surface area contributed by atoms with Crippen LogP contribution >= 0.6 is 11.3 Å². The number of carbonyl (C=O) groups is 3. The lowest BCUT2D eigenvalue weighted by Gasteiger charge is -2.10. The maximum Gasteiger partial charge on any atom is 0.276 e. The number of rotatable bonds is 6. The van der Waals surface area contributed by atoms with Crippen LogP contribution in [-0.4, -0.2) is 24.3 Å². The highest BCUT2D eigenvalue weighted by Crippen LogP contribution is 2.16. The number of thiophene rings is 1. The topological polar surface area (TPSA) is 96.5 Å². The summed E-state index contributed by atoms with van der Waals surface area (Å²) < 4.78 is 5.42. The number of amides is 3. The molecule has 0 atom stereocenters. The van der Waals surface area contributed by atoms with E-state index in [1.807, 2.05) is 31.4 Å². The number of nitrogens with one attached hydrogen (secondary N) is 3. The van der Waals surface area contributed by atoms with Gasteiger partial charge in [-0.05, 0) is 72.8 Å². The predicted octanol–water partition coefficient (Wildman–Crippen LogP) is 3.46. The third kappa shape index (κ3) is 5.68. The Hall–Kier alpha value is -3.65. The van der Waals surface area contributed by atoms with Crippen molar-refractivity contribution >= 4 is 34.7 Å². The second kappa shape index (κ2) is 9.71. The molecule has 30 heavy (non-hydrogen) atoms.